The molecule has 0 bridgehead atoms. The van der Waals surface area contributed by atoms with Gasteiger partial charge in [-0.3, -0.25) is 0 Å². The van der Waals surface area contributed by atoms with Crippen molar-refractivity contribution in [3.05, 3.63) is 72.2 Å². The number of aryl methyl sites for hydroxylation is 1. The minimum atomic E-state index is -3.55. The van der Waals surface area contributed by atoms with E-state index in [1.165, 1.54) is 4.31 Å². The van der Waals surface area contributed by atoms with Crippen LogP contribution in [0.15, 0.2) is 70.0 Å². The summed E-state index contributed by atoms with van der Waals surface area (Å²) in [5.41, 5.74) is 2.87. The van der Waals surface area contributed by atoms with E-state index in [1.54, 1.807) is 42.5 Å². The molecule has 0 amide bonds. The molecule has 2 aromatic heterocycles. The second kappa shape index (κ2) is 8.91. The van der Waals surface area contributed by atoms with Gasteiger partial charge in [-0.2, -0.15) is 9.57 Å². The number of allylic oxidation sites excluding steroid dienone is 1. The van der Waals surface area contributed by atoms with Crippen LogP contribution in [0, 0.1) is 11.3 Å². The molecule has 0 atom stereocenters. The van der Waals surface area contributed by atoms with Gasteiger partial charge in [0.1, 0.15) is 17.6 Å². The lowest BCUT2D eigenvalue weighted by Gasteiger charge is -2.26. The Labute approximate surface area is 197 Å². The van der Waals surface area contributed by atoms with Crippen molar-refractivity contribution in [2.75, 3.05) is 26.3 Å². The smallest absolute Gasteiger partial charge is 0.243 e. The van der Waals surface area contributed by atoms with Crippen molar-refractivity contribution in [1.29, 1.82) is 5.26 Å². The lowest BCUT2D eigenvalue weighted by atomic mass is 10.2. The number of fused-ring (bicyclic) bond motifs is 1. The molecule has 0 N–H and O–H groups in total. The highest BCUT2D eigenvalue weighted by Gasteiger charge is 2.26. The fourth-order valence-corrected chi connectivity index (χ4v) is 5.40. The maximum atomic E-state index is 12.8. The Hall–Kier alpha value is -3.71. The van der Waals surface area contributed by atoms with Gasteiger partial charge in [0.25, 0.3) is 0 Å². The van der Waals surface area contributed by atoms with Crippen LogP contribution in [0.2, 0.25) is 0 Å². The Kier molecular flexibility index (Phi) is 5.79. The van der Waals surface area contributed by atoms with Gasteiger partial charge in [-0.15, -0.1) is 0 Å². The molecule has 9 heteroatoms. The molecule has 1 aliphatic rings. The van der Waals surface area contributed by atoms with Gasteiger partial charge in [-0.25, -0.2) is 13.4 Å². The monoisotopic (exact) mass is 474 g/mol. The summed E-state index contributed by atoms with van der Waals surface area (Å²) in [7, 11) is -1.68. The average Bonchev–Trinajstić information content (AvgIpc) is 3.48. The maximum absolute atomic E-state index is 12.8. The predicted octanol–water partition coefficient (Wildman–Crippen LogP) is 3.92. The van der Waals surface area contributed by atoms with Gasteiger partial charge in [0.05, 0.1) is 34.7 Å². The van der Waals surface area contributed by atoms with Crippen LogP contribution in [-0.2, 0) is 21.8 Å². The highest BCUT2D eigenvalue weighted by molar-refractivity contribution is 7.89. The average molecular weight is 475 g/mol. The molecule has 1 saturated heterocycles. The van der Waals surface area contributed by atoms with Crippen LogP contribution < -0.4 is 0 Å². The number of benzene rings is 2. The van der Waals surface area contributed by atoms with E-state index >= 15 is 0 Å². The number of morpholine rings is 1. The van der Waals surface area contributed by atoms with E-state index in [9.17, 15) is 13.7 Å². The van der Waals surface area contributed by atoms with Crippen molar-refractivity contribution in [2.24, 2.45) is 7.05 Å². The third-order valence-corrected chi connectivity index (χ3v) is 7.72. The van der Waals surface area contributed by atoms with E-state index in [4.69, 9.17) is 9.15 Å². The third-order valence-electron chi connectivity index (χ3n) is 5.81. The lowest BCUT2D eigenvalue weighted by Crippen LogP contribution is -2.40. The van der Waals surface area contributed by atoms with Crippen molar-refractivity contribution in [2.45, 2.75) is 4.90 Å². The van der Waals surface area contributed by atoms with E-state index in [0.717, 1.165) is 16.6 Å². The fraction of sp³-hybridized carbons (Fsp3) is 0.200. The molecule has 0 saturated carbocycles. The lowest BCUT2D eigenvalue weighted by molar-refractivity contribution is 0.0730. The summed E-state index contributed by atoms with van der Waals surface area (Å²) in [6, 6.07) is 20.1. The second-order valence-corrected chi connectivity index (χ2v) is 9.83. The summed E-state index contributed by atoms with van der Waals surface area (Å²) < 4.78 is 40.1. The highest BCUT2D eigenvalue weighted by atomic mass is 32.2. The summed E-state index contributed by atoms with van der Waals surface area (Å²) in [6.07, 6.45) is 1.65. The Morgan fingerprint density at radius 2 is 1.79 bits per heavy atom. The summed E-state index contributed by atoms with van der Waals surface area (Å²) in [5.74, 6) is 1.63. The minimum absolute atomic E-state index is 0.235. The van der Waals surface area contributed by atoms with Gasteiger partial charge < -0.3 is 13.7 Å². The van der Waals surface area contributed by atoms with Crippen LogP contribution >= 0.6 is 0 Å². The molecule has 0 aliphatic carbocycles. The number of furan rings is 1. The Morgan fingerprint density at radius 1 is 1.06 bits per heavy atom. The first kappa shape index (κ1) is 22.1. The van der Waals surface area contributed by atoms with E-state index < -0.39 is 10.0 Å². The van der Waals surface area contributed by atoms with Crippen LogP contribution in [0.1, 0.15) is 11.6 Å². The third kappa shape index (κ3) is 4.03. The summed E-state index contributed by atoms with van der Waals surface area (Å²) in [4.78, 5) is 4.81. The topological polar surface area (TPSA) is 101 Å². The molecule has 8 nitrogen and oxygen atoms in total. The Morgan fingerprint density at radius 3 is 2.50 bits per heavy atom. The quantitative estimate of drug-likeness (QED) is 0.407. The number of sulfonamides is 1. The number of rotatable bonds is 5. The maximum Gasteiger partial charge on any atom is 0.243 e. The summed E-state index contributed by atoms with van der Waals surface area (Å²) in [5, 5.41) is 9.75. The van der Waals surface area contributed by atoms with Crippen LogP contribution in [-0.4, -0.2) is 48.6 Å². The molecule has 4 aromatic rings. The van der Waals surface area contributed by atoms with Crippen LogP contribution in [0.5, 0.6) is 0 Å². The van der Waals surface area contributed by atoms with E-state index in [-0.39, 0.29) is 4.90 Å². The molecule has 0 unspecified atom stereocenters. The first-order valence-corrected chi connectivity index (χ1v) is 12.2. The van der Waals surface area contributed by atoms with E-state index in [1.807, 2.05) is 35.9 Å². The molecular weight excluding hydrogens is 452 g/mol. The Bertz CT molecular complexity index is 1520. The first-order valence-electron chi connectivity index (χ1n) is 10.8. The number of aromatic nitrogens is 2. The number of ether oxygens (including phenoxy) is 1. The molecule has 2 aromatic carbocycles. The molecule has 34 heavy (non-hydrogen) atoms. The minimum Gasteiger partial charge on any atom is -0.457 e. The van der Waals surface area contributed by atoms with Crippen molar-refractivity contribution in [3.8, 4) is 17.4 Å². The van der Waals surface area contributed by atoms with Gasteiger partial charge in [-0.05, 0) is 48.5 Å². The number of para-hydroxylation sites is 2. The number of nitriles is 1. The highest BCUT2D eigenvalue weighted by Crippen LogP contribution is 2.28. The molecule has 172 valence electrons. The number of nitrogens with zero attached hydrogens (tertiary/aromatic N) is 4. The summed E-state index contributed by atoms with van der Waals surface area (Å²) in [6.45, 7) is 1.51. The van der Waals surface area contributed by atoms with Crippen molar-refractivity contribution in [3.63, 3.8) is 0 Å². The Balaban J connectivity index is 1.40. The van der Waals surface area contributed by atoms with Gasteiger partial charge in [-0.1, -0.05) is 12.1 Å². The van der Waals surface area contributed by atoms with Gasteiger partial charge in [0.15, 0.2) is 5.82 Å². The predicted molar refractivity (Wildman–Crippen MR) is 128 cm³/mol. The first-order chi connectivity index (χ1) is 16.5. The van der Waals surface area contributed by atoms with Gasteiger partial charge >= 0.3 is 0 Å². The molecule has 1 fully saturated rings. The van der Waals surface area contributed by atoms with Crippen LogP contribution in [0.4, 0.5) is 0 Å². The zero-order valence-electron chi connectivity index (χ0n) is 18.5. The number of hydrogen-bond donors (Lipinski definition) is 0. The van der Waals surface area contributed by atoms with Crippen molar-refractivity contribution < 1.29 is 17.6 Å². The molecule has 0 radical (unpaired) electrons. The van der Waals surface area contributed by atoms with E-state index in [2.05, 4.69) is 11.1 Å². The SMILES string of the molecule is Cn1c(C(C#N)=Cc2ccc(-c3ccc(S(=O)(=O)N4CCOCC4)cc3)o2)nc2ccccc21. The van der Waals surface area contributed by atoms with Gasteiger partial charge in [0.2, 0.25) is 10.0 Å². The fourth-order valence-electron chi connectivity index (χ4n) is 3.99. The zero-order valence-corrected chi connectivity index (χ0v) is 19.3. The standard InChI is InChI=1S/C25H22N4O4S/c1-28-23-5-3-2-4-22(23)27-25(28)19(17-26)16-20-8-11-24(33-20)18-6-9-21(10-7-18)34(30,31)29-12-14-32-15-13-29/h2-11,16H,12-15H2,1H3. The van der Waals surface area contributed by atoms with Crippen LogP contribution in [0.3, 0.4) is 0 Å². The molecular formula is C25H22N4O4S. The van der Waals surface area contributed by atoms with Crippen molar-refractivity contribution in [1.82, 2.24) is 13.9 Å². The summed E-state index contributed by atoms with van der Waals surface area (Å²) >= 11 is 0. The van der Waals surface area contributed by atoms with Crippen LogP contribution in [0.25, 0.3) is 34.0 Å². The largest absolute Gasteiger partial charge is 0.457 e. The molecule has 3 heterocycles. The molecule has 5 rings (SSSR count). The van der Waals surface area contributed by atoms with Crippen molar-refractivity contribution >= 4 is 32.7 Å². The zero-order chi connectivity index (χ0) is 23.7. The van der Waals surface area contributed by atoms with Gasteiger partial charge in [0, 0.05) is 31.8 Å². The van der Waals surface area contributed by atoms with E-state index in [0.29, 0.717) is 49.2 Å². The molecule has 0 spiro atoms. The second-order valence-electron chi connectivity index (χ2n) is 7.90. The number of hydrogen-bond acceptors (Lipinski definition) is 6. The normalized spacial score (nSPS) is 15.5. The molecule has 1 aliphatic heterocycles. The number of imidazole rings is 1.